The number of hydrogen-bond acceptors (Lipinski definition) is 12. The summed E-state index contributed by atoms with van der Waals surface area (Å²) in [5.74, 6) is -2.38. The van der Waals surface area contributed by atoms with Crippen LogP contribution in [-0.2, 0) is 29.1 Å². The van der Waals surface area contributed by atoms with Crippen molar-refractivity contribution >= 4 is 19.4 Å². The number of nitro groups is 1. The summed E-state index contributed by atoms with van der Waals surface area (Å²) in [6.45, 7) is 4.05. The minimum absolute atomic E-state index is 0. The largest absolute Gasteiger partial charge is 0.465 e. The van der Waals surface area contributed by atoms with E-state index in [9.17, 15) is 43.7 Å². The van der Waals surface area contributed by atoms with E-state index < -0.39 is 72.4 Å². The SMILES string of the molecule is C.CCOC(=O)[C@H](C)NP(=O)(Oc1ccc([N+](=O)[O-])cc1)OC(O)[C@H]1O[C@@](C)(n2cc(F)c(=O)[nH]c2=O)CC1O. The van der Waals surface area contributed by atoms with Gasteiger partial charge in [0.2, 0.25) is 5.82 Å². The van der Waals surface area contributed by atoms with E-state index in [-0.39, 0.29) is 25.5 Å². The standard InChI is InChI=1S/C21H26FN4O12P.CH4/c1-4-35-18(29)11(2)24-39(34,37-13-7-5-12(6-8-13)26(32)33)38-19(30)16-15(27)9-21(3,36-16)25-10-14(22)17(28)23-20(25)31;/h5-8,10-11,15-16,19,27,30H,4,9H2,1-3H3,(H,24,34)(H,23,28,31);1H4/t11-,15?,16-,19?,21+,39?;/m0./s1. The third-order valence-electron chi connectivity index (χ3n) is 5.56. The maximum atomic E-state index is 13.8. The molecule has 0 bridgehead atoms. The Morgan fingerprint density at radius 3 is 2.60 bits per heavy atom. The average Bonchev–Trinajstić information content (AvgIpc) is 3.16. The number of nitro benzene ring substituents is 1. The maximum absolute atomic E-state index is 13.8. The molecular weight excluding hydrogens is 562 g/mol. The highest BCUT2D eigenvalue weighted by atomic mass is 31.2. The van der Waals surface area contributed by atoms with E-state index in [1.165, 1.54) is 20.8 Å². The van der Waals surface area contributed by atoms with Crippen molar-refractivity contribution in [2.45, 2.75) is 64.9 Å². The smallest absolute Gasteiger partial charge is 0.461 e. The zero-order valence-corrected chi connectivity index (χ0v) is 21.7. The number of nitrogens with zero attached hydrogens (tertiary/aromatic N) is 2. The Kier molecular flexibility index (Phi) is 10.5. The fourth-order valence-electron chi connectivity index (χ4n) is 3.73. The van der Waals surface area contributed by atoms with E-state index >= 15 is 0 Å². The van der Waals surface area contributed by atoms with Crippen LogP contribution >= 0.6 is 7.75 Å². The summed E-state index contributed by atoms with van der Waals surface area (Å²) in [7, 11) is -4.72. The first-order chi connectivity index (χ1) is 18.2. The molecule has 1 aliphatic rings. The molecule has 1 fully saturated rings. The third-order valence-corrected chi connectivity index (χ3v) is 7.21. The van der Waals surface area contributed by atoms with Crippen LogP contribution in [0.4, 0.5) is 10.1 Å². The molecule has 3 rings (SSSR count). The van der Waals surface area contributed by atoms with Crippen LogP contribution in [-0.4, -0.2) is 61.8 Å². The molecule has 16 nitrogen and oxygen atoms in total. The van der Waals surface area contributed by atoms with Gasteiger partial charge in [-0.2, -0.15) is 9.48 Å². The van der Waals surface area contributed by atoms with Crippen molar-refractivity contribution in [1.82, 2.24) is 14.6 Å². The predicted molar refractivity (Wildman–Crippen MR) is 135 cm³/mol. The predicted octanol–water partition coefficient (Wildman–Crippen LogP) is 1.11. The van der Waals surface area contributed by atoms with Gasteiger partial charge in [-0.3, -0.25) is 33.8 Å². The Balaban J connectivity index is 0.00000560. The van der Waals surface area contributed by atoms with Gasteiger partial charge >= 0.3 is 19.4 Å². The summed E-state index contributed by atoms with van der Waals surface area (Å²) >= 11 is 0. The highest BCUT2D eigenvalue weighted by Gasteiger charge is 2.50. The van der Waals surface area contributed by atoms with Crippen LogP contribution in [0.15, 0.2) is 40.1 Å². The Labute approximate surface area is 226 Å². The van der Waals surface area contributed by atoms with Crippen molar-refractivity contribution in [2.75, 3.05) is 6.61 Å². The molecule has 1 saturated heterocycles. The number of hydrogen-bond donors (Lipinski definition) is 4. The summed E-state index contributed by atoms with van der Waals surface area (Å²) in [4.78, 5) is 47.7. The second-order valence-electron chi connectivity index (χ2n) is 8.57. The molecule has 40 heavy (non-hydrogen) atoms. The second kappa shape index (κ2) is 12.8. The molecule has 0 aliphatic carbocycles. The van der Waals surface area contributed by atoms with Gasteiger partial charge in [-0.25, -0.2) is 9.36 Å². The number of carbonyl (C=O) groups excluding carboxylic acids is 1. The fourth-order valence-corrected chi connectivity index (χ4v) is 5.27. The normalized spacial score (nSPS) is 23.4. The Morgan fingerprint density at radius 2 is 2.02 bits per heavy atom. The maximum Gasteiger partial charge on any atom is 0.461 e. The summed E-state index contributed by atoms with van der Waals surface area (Å²) in [6, 6.07) is 2.96. The van der Waals surface area contributed by atoms with Crippen LogP contribution in [0.2, 0.25) is 0 Å². The molecule has 2 heterocycles. The molecular formula is C22H30FN4O12P. The van der Waals surface area contributed by atoms with Gasteiger partial charge in [0.05, 0.1) is 23.8 Å². The lowest BCUT2D eigenvalue weighted by atomic mass is 10.1. The summed E-state index contributed by atoms with van der Waals surface area (Å²) in [6.07, 6.45) is -5.32. The topological polar surface area (TPSA) is 222 Å². The monoisotopic (exact) mass is 592 g/mol. The lowest BCUT2D eigenvalue weighted by Gasteiger charge is -2.30. The highest BCUT2D eigenvalue weighted by molar-refractivity contribution is 7.52. The third kappa shape index (κ3) is 7.38. The molecule has 1 aliphatic heterocycles. The van der Waals surface area contributed by atoms with Gasteiger partial charge in [-0.15, -0.1) is 0 Å². The van der Waals surface area contributed by atoms with E-state index in [1.54, 1.807) is 4.98 Å². The molecule has 1 aromatic carbocycles. The molecule has 0 saturated carbocycles. The lowest BCUT2D eigenvalue weighted by molar-refractivity contribution is -0.384. The Hall–Kier alpha value is -3.47. The van der Waals surface area contributed by atoms with Gasteiger partial charge in [0, 0.05) is 18.6 Å². The average molecular weight is 592 g/mol. The molecule has 0 amide bonds. The van der Waals surface area contributed by atoms with Crippen molar-refractivity contribution in [1.29, 1.82) is 0 Å². The number of esters is 1. The van der Waals surface area contributed by atoms with Crippen LogP contribution in [0.1, 0.15) is 34.6 Å². The molecule has 222 valence electrons. The minimum atomic E-state index is -4.72. The van der Waals surface area contributed by atoms with E-state index in [4.69, 9.17) is 18.5 Å². The molecule has 0 spiro atoms. The van der Waals surface area contributed by atoms with E-state index in [2.05, 4.69) is 5.09 Å². The number of aliphatic hydroxyl groups excluding tert-OH is 2. The number of ether oxygens (including phenoxy) is 2. The molecule has 6 atom stereocenters. The summed E-state index contributed by atoms with van der Waals surface area (Å²) < 4.78 is 49.1. The summed E-state index contributed by atoms with van der Waals surface area (Å²) in [5, 5.41) is 34.4. The van der Waals surface area contributed by atoms with Crippen molar-refractivity contribution in [3.63, 3.8) is 0 Å². The number of aromatic nitrogens is 2. The zero-order chi connectivity index (χ0) is 29.1. The van der Waals surface area contributed by atoms with Crippen LogP contribution in [0, 0.1) is 15.9 Å². The number of halogens is 1. The van der Waals surface area contributed by atoms with Crippen LogP contribution in [0.3, 0.4) is 0 Å². The zero-order valence-electron chi connectivity index (χ0n) is 20.8. The van der Waals surface area contributed by atoms with Crippen LogP contribution < -0.4 is 20.9 Å². The Morgan fingerprint density at radius 1 is 1.40 bits per heavy atom. The van der Waals surface area contributed by atoms with Crippen LogP contribution in [0.5, 0.6) is 5.75 Å². The van der Waals surface area contributed by atoms with Gasteiger partial charge in [0.25, 0.3) is 11.2 Å². The molecule has 3 unspecified atom stereocenters. The second-order valence-corrected chi connectivity index (χ2v) is 10.2. The van der Waals surface area contributed by atoms with Gasteiger partial charge in [0.1, 0.15) is 23.6 Å². The number of carbonyl (C=O) groups is 1. The minimum Gasteiger partial charge on any atom is -0.465 e. The van der Waals surface area contributed by atoms with Gasteiger partial charge < -0.3 is 24.2 Å². The number of benzene rings is 1. The van der Waals surface area contributed by atoms with Crippen molar-refractivity contribution < 1.29 is 47.4 Å². The first kappa shape index (κ1) is 32.7. The molecule has 0 radical (unpaired) electrons. The van der Waals surface area contributed by atoms with Crippen LogP contribution in [0.25, 0.3) is 0 Å². The molecule has 2 aromatic rings. The van der Waals surface area contributed by atoms with Crippen molar-refractivity contribution in [3.05, 3.63) is 67.2 Å². The quantitative estimate of drug-likeness (QED) is 0.0945. The summed E-state index contributed by atoms with van der Waals surface area (Å²) in [5.41, 5.74) is -4.43. The number of nitrogens with one attached hydrogen (secondary N) is 2. The number of non-ortho nitro benzene ring substituents is 1. The molecule has 4 N–H and O–H groups in total. The fraction of sp³-hybridized carbons (Fsp3) is 0.500. The number of rotatable bonds is 11. The van der Waals surface area contributed by atoms with Crippen molar-refractivity contribution in [2.24, 2.45) is 0 Å². The number of aliphatic hydroxyl groups is 2. The first-order valence-electron chi connectivity index (χ1n) is 11.4. The Bertz CT molecular complexity index is 1380. The number of H-pyrrole nitrogens is 1. The molecule has 1 aromatic heterocycles. The van der Waals surface area contributed by atoms with Crippen molar-refractivity contribution in [3.8, 4) is 5.75 Å². The van der Waals surface area contributed by atoms with E-state index in [0.29, 0.717) is 10.8 Å². The van der Waals surface area contributed by atoms with E-state index in [1.807, 2.05) is 0 Å². The number of aromatic amines is 1. The lowest BCUT2D eigenvalue weighted by Crippen LogP contribution is -2.44. The first-order valence-corrected chi connectivity index (χ1v) is 12.9. The van der Waals surface area contributed by atoms with Gasteiger partial charge in [0.15, 0.2) is 6.29 Å². The van der Waals surface area contributed by atoms with Gasteiger partial charge in [-0.1, -0.05) is 7.43 Å². The molecule has 18 heteroatoms. The van der Waals surface area contributed by atoms with E-state index in [0.717, 1.165) is 24.3 Å². The highest BCUT2D eigenvalue weighted by Crippen LogP contribution is 2.48. The van der Waals surface area contributed by atoms with Gasteiger partial charge in [-0.05, 0) is 32.9 Å².